The maximum atomic E-state index is 5.94. The SMILES string of the molecule is CC1CN(Cc2c(CN)sc3ccccc23)CCCO1. The Labute approximate surface area is 124 Å². The third kappa shape index (κ3) is 2.88. The van der Waals surface area contributed by atoms with Crippen molar-refractivity contribution in [1.29, 1.82) is 0 Å². The fourth-order valence-electron chi connectivity index (χ4n) is 2.94. The molecule has 0 bridgehead atoms. The van der Waals surface area contributed by atoms with Gasteiger partial charge in [0.05, 0.1) is 6.10 Å². The smallest absolute Gasteiger partial charge is 0.0674 e. The highest BCUT2D eigenvalue weighted by Gasteiger charge is 2.18. The molecule has 0 spiro atoms. The van der Waals surface area contributed by atoms with Crippen molar-refractivity contribution >= 4 is 21.4 Å². The van der Waals surface area contributed by atoms with Gasteiger partial charge in [0.2, 0.25) is 0 Å². The third-order valence-corrected chi connectivity index (χ3v) is 5.12. The molecule has 2 heterocycles. The fourth-order valence-corrected chi connectivity index (χ4v) is 4.03. The van der Waals surface area contributed by atoms with E-state index in [0.29, 0.717) is 12.6 Å². The minimum Gasteiger partial charge on any atom is -0.377 e. The van der Waals surface area contributed by atoms with Gasteiger partial charge in [-0.15, -0.1) is 11.3 Å². The molecule has 1 aliphatic rings. The molecule has 3 nitrogen and oxygen atoms in total. The quantitative estimate of drug-likeness (QED) is 0.944. The van der Waals surface area contributed by atoms with Gasteiger partial charge in [-0.3, -0.25) is 4.90 Å². The van der Waals surface area contributed by atoms with Crippen LogP contribution in [0.25, 0.3) is 10.1 Å². The van der Waals surface area contributed by atoms with E-state index in [1.54, 1.807) is 0 Å². The molecule has 0 saturated carbocycles. The van der Waals surface area contributed by atoms with Gasteiger partial charge in [-0.1, -0.05) is 18.2 Å². The van der Waals surface area contributed by atoms with E-state index in [-0.39, 0.29) is 0 Å². The minimum absolute atomic E-state index is 0.323. The van der Waals surface area contributed by atoms with Gasteiger partial charge in [-0.05, 0) is 30.4 Å². The number of hydrogen-bond donors (Lipinski definition) is 1. The topological polar surface area (TPSA) is 38.5 Å². The molecule has 3 rings (SSSR count). The largest absolute Gasteiger partial charge is 0.377 e. The van der Waals surface area contributed by atoms with E-state index >= 15 is 0 Å². The van der Waals surface area contributed by atoms with Crippen LogP contribution in [-0.4, -0.2) is 30.7 Å². The number of nitrogens with two attached hydrogens (primary N) is 1. The van der Waals surface area contributed by atoms with Crippen molar-refractivity contribution in [2.75, 3.05) is 19.7 Å². The number of benzene rings is 1. The Morgan fingerprint density at radius 1 is 1.40 bits per heavy atom. The van der Waals surface area contributed by atoms with Gasteiger partial charge in [-0.25, -0.2) is 0 Å². The fraction of sp³-hybridized carbons (Fsp3) is 0.500. The van der Waals surface area contributed by atoms with Crippen LogP contribution in [0.3, 0.4) is 0 Å². The Balaban J connectivity index is 1.89. The van der Waals surface area contributed by atoms with E-state index in [1.165, 1.54) is 20.5 Å². The lowest BCUT2D eigenvalue weighted by molar-refractivity contribution is 0.0668. The molecule has 1 fully saturated rings. The van der Waals surface area contributed by atoms with E-state index in [2.05, 4.69) is 36.1 Å². The highest BCUT2D eigenvalue weighted by atomic mass is 32.1. The molecule has 1 aromatic carbocycles. The molecule has 1 saturated heterocycles. The summed E-state index contributed by atoms with van der Waals surface area (Å²) in [6.07, 6.45) is 1.44. The van der Waals surface area contributed by atoms with Crippen molar-refractivity contribution in [3.05, 3.63) is 34.7 Å². The van der Waals surface area contributed by atoms with E-state index in [0.717, 1.165) is 32.7 Å². The number of ether oxygens (including phenoxy) is 1. The predicted molar refractivity (Wildman–Crippen MR) is 85.0 cm³/mol. The van der Waals surface area contributed by atoms with Gasteiger partial charge in [0.25, 0.3) is 0 Å². The summed E-state index contributed by atoms with van der Waals surface area (Å²) in [6, 6.07) is 8.63. The van der Waals surface area contributed by atoms with E-state index < -0.39 is 0 Å². The maximum absolute atomic E-state index is 5.94. The Bertz CT molecular complexity index is 581. The molecular formula is C16H22N2OS. The third-order valence-electron chi connectivity index (χ3n) is 3.89. The molecule has 20 heavy (non-hydrogen) atoms. The molecule has 108 valence electrons. The van der Waals surface area contributed by atoms with Crippen LogP contribution in [0.2, 0.25) is 0 Å². The monoisotopic (exact) mass is 290 g/mol. The lowest BCUT2D eigenvalue weighted by Gasteiger charge is -2.22. The lowest BCUT2D eigenvalue weighted by atomic mass is 10.1. The molecule has 1 aromatic heterocycles. The Kier molecular flexibility index (Phi) is 4.36. The second-order valence-electron chi connectivity index (χ2n) is 5.47. The summed E-state index contributed by atoms with van der Waals surface area (Å²) in [6.45, 7) is 6.78. The predicted octanol–water partition coefficient (Wildman–Crippen LogP) is 2.97. The first-order chi connectivity index (χ1) is 9.78. The summed E-state index contributed by atoms with van der Waals surface area (Å²) < 4.78 is 7.08. The van der Waals surface area contributed by atoms with Gasteiger partial charge in [0.15, 0.2) is 0 Å². The average Bonchev–Trinajstić information content (AvgIpc) is 2.67. The van der Waals surface area contributed by atoms with Crippen LogP contribution in [0.15, 0.2) is 24.3 Å². The summed E-state index contributed by atoms with van der Waals surface area (Å²) in [5.41, 5.74) is 7.36. The summed E-state index contributed by atoms with van der Waals surface area (Å²) >= 11 is 1.84. The Morgan fingerprint density at radius 3 is 3.10 bits per heavy atom. The number of fused-ring (bicyclic) bond motifs is 1. The van der Waals surface area contributed by atoms with Crippen LogP contribution in [0.1, 0.15) is 23.8 Å². The molecule has 2 N–H and O–H groups in total. The molecule has 4 heteroatoms. The van der Waals surface area contributed by atoms with Gasteiger partial charge >= 0.3 is 0 Å². The van der Waals surface area contributed by atoms with Crippen molar-refractivity contribution in [2.24, 2.45) is 5.73 Å². The summed E-state index contributed by atoms with van der Waals surface area (Å²) in [5, 5.41) is 1.37. The molecule has 2 aromatic rings. The highest BCUT2D eigenvalue weighted by molar-refractivity contribution is 7.19. The average molecular weight is 290 g/mol. The van der Waals surface area contributed by atoms with Gasteiger partial charge in [0.1, 0.15) is 0 Å². The van der Waals surface area contributed by atoms with Crippen LogP contribution in [0.5, 0.6) is 0 Å². The van der Waals surface area contributed by atoms with Crippen molar-refractivity contribution in [3.63, 3.8) is 0 Å². The van der Waals surface area contributed by atoms with Crippen LogP contribution < -0.4 is 5.73 Å². The van der Waals surface area contributed by atoms with Crippen LogP contribution in [0, 0.1) is 0 Å². The number of thiophene rings is 1. The number of hydrogen-bond acceptors (Lipinski definition) is 4. The second-order valence-corrected chi connectivity index (χ2v) is 6.61. The number of rotatable bonds is 3. The zero-order valence-electron chi connectivity index (χ0n) is 12.0. The molecule has 0 radical (unpaired) electrons. The number of nitrogens with zero attached hydrogens (tertiary/aromatic N) is 1. The maximum Gasteiger partial charge on any atom is 0.0674 e. The summed E-state index contributed by atoms with van der Waals surface area (Å²) in [7, 11) is 0. The molecule has 0 amide bonds. The van der Waals surface area contributed by atoms with Crippen molar-refractivity contribution in [1.82, 2.24) is 4.90 Å². The van der Waals surface area contributed by atoms with Crippen LogP contribution >= 0.6 is 11.3 Å². The first-order valence-corrected chi connectivity index (χ1v) is 8.13. The van der Waals surface area contributed by atoms with Crippen LogP contribution in [0.4, 0.5) is 0 Å². The summed E-state index contributed by atoms with van der Waals surface area (Å²) in [4.78, 5) is 3.83. The van der Waals surface area contributed by atoms with E-state index in [1.807, 2.05) is 11.3 Å². The zero-order valence-corrected chi connectivity index (χ0v) is 12.8. The minimum atomic E-state index is 0.323. The normalized spacial score (nSPS) is 21.2. The Morgan fingerprint density at radius 2 is 2.25 bits per heavy atom. The zero-order chi connectivity index (χ0) is 13.9. The molecule has 1 atom stereocenters. The van der Waals surface area contributed by atoms with Gasteiger partial charge in [-0.2, -0.15) is 0 Å². The van der Waals surface area contributed by atoms with Crippen molar-refractivity contribution < 1.29 is 4.74 Å². The first kappa shape index (κ1) is 14.0. The standard InChI is InChI=1S/C16H22N2OS/c1-12-10-18(7-4-8-19-12)11-14-13-5-2-3-6-15(13)20-16(14)9-17/h2-3,5-6,12H,4,7-11,17H2,1H3. The first-order valence-electron chi connectivity index (χ1n) is 7.31. The lowest BCUT2D eigenvalue weighted by Crippen LogP contribution is -2.30. The van der Waals surface area contributed by atoms with Gasteiger partial charge < -0.3 is 10.5 Å². The molecule has 1 aliphatic heterocycles. The second kappa shape index (κ2) is 6.22. The van der Waals surface area contributed by atoms with E-state index in [9.17, 15) is 0 Å². The van der Waals surface area contributed by atoms with Crippen molar-refractivity contribution in [3.8, 4) is 0 Å². The summed E-state index contributed by atoms with van der Waals surface area (Å²) in [5.74, 6) is 0. The molecular weight excluding hydrogens is 268 g/mol. The molecule has 1 unspecified atom stereocenters. The van der Waals surface area contributed by atoms with Crippen LogP contribution in [-0.2, 0) is 17.8 Å². The Hall–Kier alpha value is -0.940. The van der Waals surface area contributed by atoms with Crippen molar-refractivity contribution in [2.45, 2.75) is 32.5 Å². The highest BCUT2D eigenvalue weighted by Crippen LogP contribution is 2.32. The van der Waals surface area contributed by atoms with E-state index in [4.69, 9.17) is 10.5 Å². The molecule has 0 aliphatic carbocycles. The van der Waals surface area contributed by atoms with Gasteiger partial charge in [0, 0.05) is 42.4 Å².